The number of halogens is 1. The second-order valence-electron chi connectivity index (χ2n) is 10.4. The first-order chi connectivity index (χ1) is 17.3. The van der Waals surface area contributed by atoms with E-state index in [0.29, 0.717) is 40.8 Å². The number of aromatic nitrogens is 1. The Labute approximate surface area is 219 Å². The van der Waals surface area contributed by atoms with Crippen molar-refractivity contribution in [3.8, 4) is 0 Å². The lowest BCUT2D eigenvalue weighted by atomic mass is 10.1. The Morgan fingerprint density at radius 2 is 1.97 bits per heavy atom. The fourth-order valence-corrected chi connectivity index (χ4v) is 9.11. The number of hydrogen-bond acceptors (Lipinski definition) is 7. The van der Waals surface area contributed by atoms with E-state index in [0.717, 1.165) is 50.2 Å². The van der Waals surface area contributed by atoms with Gasteiger partial charge in [0.15, 0.2) is 0 Å². The van der Waals surface area contributed by atoms with Crippen molar-refractivity contribution < 1.29 is 18.0 Å². The van der Waals surface area contributed by atoms with Crippen LogP contribution in [0.3, 0.4) is 0 Å². The Balaban J connectivity index is 1.12. The summed E-state index contributed by atoms with van der Waals surface area (Å²) >= 11 is 6.95. The van der Waals surface area contributed by atoms with Crippen LogP contribution in [0.4, 0.5) is 0 Å². The highest BCUT2D eigenvalue weighted by atomic mass is 35.5. The van der Waals surface area contributed by atoms with Crippen molar-refractivity contribution >= 4 is 55.0 Å². The van der Waals surface area contributed by atoms with Crippen molar-refractivity contribution in [3.63, 3.8) is 0 Å². The van der Waals surface area contributed by atoms with Crippen molar-refractivity contribution in [1.82, 2.24) is 24.4 Å². The van der Waals surface area contributed by atoms with Crippen LogP contribution in [0.2, 0.25) is 5.15 Å². The van der Waals surface area contributed by atoms with Crippen LogP contribution in [0.1, 0.15) is 44.9 Å². The average molecular weight is 552 g/mol. The van der Waals surface area contributed by atoms with Gasteiger partial charge in [-0.25, -0.2) is 13.4 Å². The van der Waals surface area contributed by atoms with E-state index >= 15 is 0 Å². The fraction of sp³-hybridized carbons (Fsp3) is 0.625. The minimum absolute atomic E-state index is 0.0108. The number of pyridine rings is 1. The smallest absolute Gasteiger partial charge is 0.250 e. The molecular formula is C24H30ClN5O4S2. The zero-order valence-corrected chi connectivity index (χ0v) is 22.4. The first-order valence-electron chi connectivity index (χ1n) is 12.7. The van der Waals surface area contributed by atoms with Gasteiger partial charge in [0.2, 0.25) is 11.8 Å². The predicted octanol–water partition coefficient (Wildman–Crippen LogP) is 2.45. The number of fused-ring (bicyclic) bond motifs is 1. The molecule has 194 valence electrons. The number of piperidine rings is 1. The van der Waals surface area contributed by atoms with Gasteiger partial charge in [-0.15, -0.1) is 11.3 Å². The zero-order chi connectivity index (χ0) is 25.1. The maximum Gasteiger partial charge on any atom is 0.250 e. The summed E-state index contributed by atoms with van der Waals surface area (Å²) in [7, 11) is -3.92. The van der Waals surface area contributed by atoms with Crippen LogP contribution in [0.25, 0.3) is 10.2 Å². The average Bonchev–Trinajstić information content (AvgIpc) is 3.27. The number of thiophene rings is 1. The molecule has 2 aromatic rings. The molecule has 1 N–H and O–H groups in total. The molecule has 2 amide bonds. The summed E-state index contributed by atoms with van der Waals surface area (Å²) in [6, 6.07) is 4.44. The highest BCUT2D eigenvalue weighted by Crippen LogP contribution is 2.53. The minimum atomic E-state index is -3.92. The second-order valence-corrected chi connectivity index (χ2v) is 13.7. The molecule has 0 aromatic carbocycles. The molecule has 36 heavy (non-hydrogen) atoms. The number of rotatable bonds is 6. The minimum Gasteiger partial charge on any atom is -0.334 e. The third-order valence-electron chi connectivity index (χ3n) is 8.16. The van der Waals surface area contributed by atoms with Crippen LogP contribution in [-0.4, -0.2) is 90.3 Å². The lowest BCUT2D eigenvalue weighted by molar-refractivity contribution is -0.144. The third kappa shape index (κ3) is 4.32. The molecule has 0 bridgehead atoms. The van der Waals surface area contributed by atoms with Crippen molar-refractivity contribution in [2.75, 3.05) is 32.7 Å². The standard InChI is InChI=1S/C24H30ClN5O4S2/c25-19-7-6-16-13-21(35-22(16)26-19)36(33,34)27-17-5-3-11-29(23(17)32)15-20(31)30-12-4-8-24(30)14-18(24)28-9-1-2-10-28/h6-7,13,17-18,27H,1-5,8-12,14-15H2/t17-,18-,24?/m0/s1. The topological polar surface area (TPSA) is 103 Å². The number of amides is 2. The van der Waals surface area contributed by atoms with E-state index in [-0.39, 0.29) is 28.1 Å². The quantitative estimate of drug-likeness (QED) is 0.553. The Morgan fingerprint density at radius 1 is 1.17 bits per heavy atom. The van der Waals surface area contributed by atoms with Gasteiger partial charge in [0, 0.05) is 24.5 Å². The number of nitrogens with zero attached hydrogens (tertiary/aromatic N) is 4. The van der Waals surface area contributed by atoms with Gasteiger partial charge < -0.3 is 9.80 Å². The van der Waals surface area contributed by atoms with Gasteiger partial charge in [0.05, 0.1) is 12.1 Å². The summed E-state index contributed by atoms with van der Waals surface area (Å²) in [4.78, 5) is 37.4. The van der Waals surface area contributed by atoms with Gasteiger partial charge in [-0.3, -0.25) is 14.5 Å². The van der Waals surface area contributed by atoms with E-state index < -0.39 is 16.1 Å². The van der Waals surface area contributed by atoms with Gasteiger partial charge in [-0.1, -0.05) is 11.6 Å². The number of likely N-dealkylation sites (tertiary alicyclic amines) is 3. The summed E-state index contributed by atoms with van der Waals surface area (Å²) in [5.74, 6) is -0.348. The number of nitrogens with one attached hydrogen (secondary N) is 1. The molecule has 1 spiro atoms. The molecule has 1 unspecified atom stereocenters. The van der Waals surface area contributed by atoms with E-state index in [1.54, 1.807) is 18.2 Å². The summed E-state index contributed by atoms with van der Waals surface area (Å²) in [5.41, 5.74) is -0.0562. The Bertz CT molecular complexity index is 1310. The summed E-state index contributed by atoms with van der Waals surface area (Å²) in [6.45, 7) is 3.44. The van der Waals surface area contributed by atoms with Crippen molar-refractivity contribution in [2.45, 2.75) is 66.8 Å². The van der Waals surface area contributed by atoms with Gasteiger partial charge >= 0.3 is 0 Å². The number of sulfonamides is 1. The summed E-state index contributed by atoms with van der Waals surface area (Å²) in [6.07, 6.45) is 6.56. The molecule has 4 aliphatic rings. The molecule has 6 rings (SSSR count). The fourth-order valence-electron chi connectivity index (χ4n) is 6.34. The molecule has 4 fully saturated rings. The second kappa shape index (κ2) is 9.20. The molecule has 9 nitrogen and oxygen atoms in total. The van der Waals surface area contributed by atoms with Crippen molar-refractivity contribution in [2.24, 2.45) is 0 Å². The predicted molar refractivity (Wildman–Crippen MR) is 137 cm³/mol. The van der Waals surface area contributed by atoms with Crippen LogP contribution in [0.5, 0.6) is 0 Å². The highest BCUT2D eigenvalue weighted by molar-refractivity contribution is 7.91. The summed E-state index contributed by atoms with van der Waals surface area (Å²) in [5, 5.41) is 0.973. The molecule has 2 aromatic heterocycles. The third-order valence-corrected chi connectivity index (χ3v) is 11.4. The molecule has 0 radical (unpaired) electrons. The monoisotopic (exact) mass is 551 g/mol. The van der Waals surface area contributed by atoms with Crippen LogP contribution < -0.4 is 4.72 Å². The first kappa shape index (κ1) is 24.5. The Morgan fingerprint density at radius 3 is 2.78 bits per heavy atom. The lowest BCUT2D eigenvalue weighted by Gasteiger charge is -2.35. The van der Waals surface area contributed by atoms with Crippen molar-refractivity contribution in [3.05, 3.63) is 23.4 Å². The van der Waals surface area contributed by atoms with Crippen molar-refractivity contribution in [1.29, 1.82) is 0 Å². The van der Waals surface area contributed by atoms with E-state index in [4.69, 9.17) is 11.6 Å². The van der Waals surface area contributed by atoms with Crippen LogP contribution >= 0.6 is 22.9 Å². The Hall–Kier alpha value is -1.79. The normalized spacial score (nSPS) is 29.1. The largest absolute Gasteiger partial charge is 0.334 e. The summed E-state index contributed by atoms with van der Waals surface area (Å²) < 4.78 is 28.8. The SMILES string of the molecule is O=C1[C@@H](NS(=O)(=O)c2cc3ccc(Cl)nc3s2)CCCN1CC(=O)N1CCCC12C[C@@H]2N1CCCC1. The van der Waals surface area contributed by atoms with Gasteiger partial charge in [0.1, 0.15) is 20.2 Å². The number of carbonyl (C=O) groups excluding carboxylic acids is 2. The number of carbonyl (C=O) groups is 2. The van der Waals surface area contributed by atoms with Gasteiger partial charge in [-0.05, 0) is 76.2 Å². The number of hydrogen-bond donors (Lipinski definition) is 1. The van der Waals surface area contributed by atoms with Gasteiger partial charge in [0.25, 0.3) is 10.0 Å². The van der Waals surface area contributed by atoms with E-state index in [1.165, 1.54) is 17.7 Å². The molecule has 1 aliphatic carbocycles. The lowest BCUT2D eigenvalue weighted by Crippen LogP contribution is -2.55. The molecular weight excluding hydrogens is 522 g/mol. The maximum atomic E-state index is 13.4. The molecule has 3 saturated heterocycles. The van der Waals surface area contributed by atoms with E-state index in [2.05, 4.69) is 14.6 Å². The van der Waals surface area contributed by atoms with E-state index in [1.807, 2.05) is 4.90 Å². The maximum absolute atomic E-state index is 13.4. The van der Waals surface area contributed by atoms with Crippen LogP contribution in [0.15, 0.2) is 22.4 Å². The van der Waals surface area contributed by atoms with Crippen LogP contribution in [-0.2, 0) is 19.6 Å². The molecule has 12 heteroatoms. The Kier molecular flexibility index (Phi) is 6.27. The molecule has 3 atom stereocenters. The molecule has 1 saturated carbocycles. The van der Waals surface area contributed by atoms with Crippen LogP contribution in [0, 0.1) is 0 Å². The highest BCUT2D eigenvalue weighted by Gasteiger charge is 2.63. The zero-order valence-electron chi connectivity index (χ0n) is 20.0. The molecule has 3 aliphatic heterocycles. The van der Waals surface area contributed by atoms with Gasteiger partial charge in [-0.2, -0.15) is 4.72 Å². The molecule has 5 heterocycles. The van der Waals surface area contributed by atoms with E-state index in [9.17, 15) is 18.0 Å². The first-order valence-corrected chi connectivity index (χ1v) is 15.4.